The van der Waals surface area contributed by atoms with Crippen LogP contribution < -0.4 is 4.90 Å². The zero-order valence-electron chi connectivity index (χ0n) is 18.9. The summed E-state index contributed by atoms with van der Waals surface area (Å²) >= 11 is 1.83. The van der Waals surface area contributed by atoms with E-state index >= 15 is 0 Å². The van der Waals surface area contributed by atoms with Crippen LogP contribution in [0.25, 0.3) is 10.2 Å². The van der Waals surface area contributed by atoms with Gasteiger partial charge < -0.3 is 14.5 Å². The van der Waals surface area contributed by atoms with Gasteiger partial charge in [0.2, 0.25) is 0 Å². The minimum absolute atomic E-state index is 0.119. The van der Waals surface area contributed by atoms with Crippen molar-refractivity contribution in [3.8, 4) is 0 Å². The van der Waals surface area contributed by atoms with Crippen LogP contribution in [0.15, 0.2) is 24.3 Å². The van der Waals surface area contributed by atoms with E-state index in [2.05, 4.69) is 24.0 Å². The summed E-state index contributed by atoms with van der Waals surface area (Å²) in [4.78, 5) is 29.6. The normalized spacial score (nSPS) is 16.4. The average Bonchev–Trinajstić information content (AvgIpc) is 3.22. The zero-order valence-corrected chi connectivity index (χ0v) is 19.7. The third-order valence-electron chi connectivity index (χ3n) is 6.59. The number of rotatable bonds is 5. The minimum Gasteiger partial charge on any atom is -0.377 e. The number of carbonyl (C=O) groups excluding carboxylic acids is 1. The molecule has 3 heterocycles. The van der Waals surface area contributed by atoms with Gasteiger partial charge in [0.05, 0.1) is 5.39 Å². The van der Waals surface area contributed by atoms with Crippen molar-refractivity contribution >= 4 is 33.3 Å². The molecule has 0 atom stereocenters. The summed E-state index contributed by atoms with van der Waals surface area (Å²) in [5.41, 5.74) is 3.48. The Hall–Kier alpha value is -2.51. The third-order valence-corrected chi connectivity index (χ3v) is 7.78. The lowest BCUT2D eigenvalue weighted by Crippen LogP contribution is -2.49. The van der Waals surface area contributed by atoms with Gasteiger partial charge in [0.25, 0.3) is 5.91 Å². The lowest BCUT2D eigenvalue weighted by Gasteiger charge is -2.36. The first-order chi connectivity index (χ1) is 15.7. The number of methoxy groups -OCH3 is 1. The molecule has 1 aromatic carbocycles. The molecule has 32 heavy (non-hydrogen) atoms. The Kier molecular flexibility index (Phi) is 6.11. The number of carbonyl (C=O) groups is 1. The Balaban J connectivity index is 1.39. The summed E-state index contributed by atoms with van der Waals surface area (Å²) in [5.74, 6) is 1.89. The van der Waals surface area contributed by atoms with E-state index in [1.807, 2.05) is 28.4 Å². The fourth-order valence-electron chi connectivity index (χ4n) is 4.79. The Morgan fingerprint density at radius 1 is 1.06 bits per heavy atom. The van der Waals surface area contributed by atoms with Gasteiger partial charge in [-0.25, -0.2) is 9.97 Å². The molecule has 1 aliphatic heterocycles. The molecule has 0 saturated carbocycles. The molecule has 6 nitrogen and oxygen atoms in total. The number of amides is 1. The van der Waals surface area contributed by atoms with Gasteiger partial charge in [0.1, 0.15) is 17.3 Å². The number of hydrogen-bond acceptors (Lipinski definition) is 6. The Labute approximate surface area is 193 Å². The molecule has 1 saturated heterocycles. The maximum absolute atomic E-state index is 13.0. The lowest BCUT2D eigenvalue weighted by molar-refractivity contribution is 0.0746. The van der Waals surface area contributed by atoms with Crippen molar-refractivity contribution in [3.63, 3.8) is 0 Å². The quantitative estimate of drug-likeness (QED) is 0.582. The standard InChI is InChI=1S/C25H30N4O2S/c1-3-17-8-10-18(11-9-17)25(30)29-14-12-28(13-15-29)23-22-19-6-4-5-7-20(19)32-24(22)27-21(26-23)16-31-2/h8-11H,3-7,12-16H2,1-2H3. The van der Waals surface area contributed by atoms with Crippen LogP contribution in [0.2, 0.25) is 0 Å². The summed E-state index contributed by atoms with van der Waals surface area (Å²) in [7, 11) is 1.68. The van der Waals surface area contributed by atoms with Crippen LogP contribution in [0.4, 0.5) is 5.82 Å². The first-order valence-electron chi connectivity index (χ1n) is 11.6. The Morgan fingerprint density at radius 2 is 1.81 bits per heavy atom. The number of benzene rings is 1. The largest absolute Gasteiger partial charge is 0.377 e. The van der Waals surface area contributed by atoms with E-state index < -0.39 is 0 Å². The predicted octanol–water partition coefficient (Wildman–Crippen LogP) is 4.24. The van der Waals surface area contributed by atoms with E-state index in [9.17, 15) is 4.79 Å². The van der Waals surface area contributed by atoms with E-state index in [-0.39, 0.29) is 5.91 Å². The highest BCUT2D eigenvalue weighted by atomic mass is 32.1. The maximum atomic E-state index is 13.0. The van der Waals surface area contributed by atoms with E-state index in [1.54, 1.807) is 7.11 Å². The number of anilines is 1. The number of nitrogens with zero attached hydrogens (tertiary/aromatic N) is 4. The third kappa shape index (κ3) is 3.99. The number of hydrogen-bond donors (Lipinski definition) is 0. The molecule has 0 unspecified atom stereocenters. The van der Waals surface area contributed by atoms with Crippen molar-refractivity contribution in [1.82, 2.24) is 14.9 Å². The first-order valence-corrected chi connectivity index (χ1v) is 12.4. The number of thiophene rings is 1. The lowest BCUT2D eigenvalue weighted by atomic mass is 9.97. The first kappa shape index (κ1) is 21.3. The highest BCUT2D eigenvalue weighted by Crippen LogP contribution is 2.40. The van der Waals surface area contributed by atoms with Gasteiger partial charge in [0.15, 0.2) is 5.82 Å². The monoisotopic (exact) mass is 450 g/mol. The molecule has 3 aromatic rings. The van der Waals surface area contributed by atoms with Crippen LogP contribution in [0.5, 0.6) is 0 Å². The van der Waals surface area contributed by atoms with Gasteiger partial charge in [0, 0.05) is 43.7 Å². The van der Waals surface area contributed by atoms with Gasteiger partial charge in [-0.3, -0.25) is 4.79 Å². The highest BCUT2D eigenvalue weighted by molar-refractivity contribution is 7.19. The predicted molar refractivity (Wildman–Crippen MR) is 129 cm³/mol. The van der Waals surface area contributed by atoms with Crippen LogP contribution in [-0.4, -0.2) is 54.1 Å². The molecule has 2 aromatic heterocycles. The fraction of sp³-hybridized carbons (Fsp3) is 0.480. The molecular weight excluding hydrogens is 420 g/mol. The number of fused-ring (bicyclic) bond motifs is 3. The van der Waals surface area contributed by atoms with Gasteiger partial charge in [-0.1, -0.05) is 19.1 Å². The number of aromatic nitrogens is 2. The van der Waals surface area contributed by atoms with Crippen molar-refractivity contribution in [2.75, 3.05) is 38.2 Å². The summed E-state index contributed by atoms with van der Waals surface area (Å²) in [5, 5.41) is 1.24. The number of aryl methyl sites for hydroxylation is 3. The molecule has 7 heteroatoms. The molecule has 0 spiro atoms. The molecule has 2 aliphatic rings. The SMILES string of the molecule is CCc1ccc(C(=O)N2CCN(c3nc(COC)nc4sc5c(c34)CCCC5)CC2)cc1. The van der Waals surface area contributed by atoms with Crippen LogP contribution in [0, 0.1) is 0 Å². The summed E-state index contributed by atoms with van der Waals surface area (Å²) in [6.45, 7) is 5.50. The zero-order chi connectivity index (χ0) is 22.1. The summed E-state index contributed by atoms with van der Waals surface area (Å²) in [6.07, 6.45) is 5.73. The second-order valence-corrected chi connectivity index (χ2v) is 9.70. The Bertz CT molecular complexity index is 1120. The fourth-order valence-corrected chi connectivity index (χ4v) is 6.07. The highest BCUT2D eigenvalue weighted by Gasteiger charge is 2.27. The van der Waals surface area contributed by atoms with Crippen molar-refractivity contribution < 1.29 is 9.53 Å². The molecule has 0 bridgehead atoms. The summed E-state index contributed by atoms with van der Waals surface area (Å²) in [6, 6.07) is 8.02. The molecule has 0 N–H and O–H groups in total. The molecule has 0 radical (unpaired) electrons. The van der Waals surface area contributed by atoms with Crippen molar-refractivity contribution in [2.24, 2.45) is 0 Å². The number of piperazine rings is 1. The minimum atomic E-state index is 0.119. The second kappa shape index (κ2) is 9.16. The second-order valence-electron chi connectivity index (χ2n) is 8.62. The molecule has 1 amide bonds. The van der Waals surface area contributed by atoms with E-state index in [0.717, 1.165) is 54.4 Å². The van der Waals surface area contributed by atoms with Crippen molar-refractivity contribution in [1.29, 1.82) is 0 Å². The van der Waals surface area contributed by atoms with E-state index in [0.29, 0.717) is 19.7 Å². The van der Waals surface area contributed by atoms with Gasteiger partial charge >= 0.3 is 0 Å². The number of ether oxygens (including phenoxy) is 1. The van der Waals surface area contributed by atoms with Crippen molar-refractivity contribution in [2.45, 2.75) is 45.6 Å². The summed E-state index contributed by atoms with van der Waals surface area (Å²) < 4.78 is 5.34. The van der Waals surface area contributed by atoms with Gasteiger partial charge in [-0.15, -0.1) is 11.3 Å². The topological polar surface area (TPSA) is 58.6 Å². The van der Waals surface area contributed by atoms with Crippen molar-refractivity contribution in [3.05, 3.63) is 51.7 Å². The molecule has 1 aliphatic carbocycles. The Morgan fingerprint density at radius 3 is 2.53 bits per heavy atom. The molecule has 1 fully saturated rings. The van der Waals surface area contributed by atoms with Gasteiger partial charge in [-0.05, 0) is 55.4 Å². The van der Waals surface area contributed by atoms with Crippen LogP contribution >= 0.6 is 11.3 Å². The molecular formula is C25H30N4O2S. The smallest absolute Gasteiger partial charge is 0.253 e. The van der Waals surface area contributed by atoms with E-state index in [1.165, 1.54) is 34.2 Å². The molecule has 168 valence electrons. The average molecular weight is 451 g/mol. The van der Waals surface area contributed by atoms with Crippen LogP contribution in [0.3, 0.4) is 0 Å². The van der Waals surface area contributed by atoms with Crippen LogP contribution in [0.1, 0.15) is 52.0 Å². The maximum Gasteiger partial charge on any atom is 0.253 e. The van der Waals surface area contributed by atoms with Gasteiger partial charge in [-0.2, -0.15) is 0 Å². The van der Waals surface area contributed by atoms with Crippen LogP contribution in [-0.2, 0) is 30.6 Å². The van der Waals surface area contributed by atoms with E-state index in [4.69, 9.17) is 14.7 Å². The molecule has 5 rings (SSSR count).